The number of anilines is 1. The van der Waals surface area contributed by atoms with Gasteiger partial charge in [0.15, 0.2) is 0 Å². The number of para-hydroxylation sites is 1. The number of hydrogen-bond donors (Lipinski definition) is 2. The maximum Gasteiger partial charge on any atom is 0.252 e. The summed E-state index contributed by atoms with van der Waals surface area (Å²) in [7, 11) is 1.65. The molecule has 2 N–H and O–H groups in total. The molecule has 0 aliphatic heterocycles. The number of unbranched alkanes of at least 4 members (excludes halogenated alkanes) is 1. The number of ether oxygens (including phenoxy) is 1. The van der Waals surface area contributed by atoms with Crippen molar-refractivity contribution in [2.75, 3.05) is 25.5 Å². The molecular weight excluding hydrogens is 302 g/mol. The predicted octanol–water partition coefficient (Wildman–Crippen LogP) is 3.27. The van der Waals surface area contributed by atoms with Crippen molar-refractivity contribution in [3.8, 4) is 5.75 Å². The van der Waals surface area contributed by atoms with Gasteiger partial charge in [-0.05, 0) is 30.5 Å². The quantitative estimate of drug-likeness (QED) is 0.694. The number of benzene rings is 1. The van der Waals surface area contributed by atoms with E-state index >= 15 is 0 Å². The molecule has 1 heterocycles. The summed E-state index contributed by atoms with van der Waals surface area (Å²) >= 11 is 0. The standard InChI is InChI=1S/C19H25N3O2/c1-3-4-10-21-17-12-16(13-20-14-17)19(23)22-11-9-15-7-5-6-8-18(15)24-2/h5-8,12-14,21H,3-4,9-11H2,1-2H3,(H,22,23). The van der Waals surface area contributed by atoms with Crippen LogP contribution in [0.1, 0.15) is 35.7 Å². The summed E-state index contributed by atoms with van der Waals surface area (Å²) in [5.74, 6) is 0.729. The Morgan fingerprint density at radius 3 is 2.83 bits per heavy atom. The maximum absolute atomic E-state index is 12.3. The molecule has 5 heteroatoms. The first kappa shape index (κ1) is 17.8. The summed E-state index contributed by atoms with van der Waals surface area (Å²) in [6, 6.07) is 9.66. The highest BCUT2D eigenvalue weighted by molar-refractivity contribution is 5.94. The van der Waals surface area contributed by atoms with Crippen molar-refractivity contribution in [1.82, 2.24) is 10.3 Å². The predicted molar refractivity (Wildman–Crippen MR) is 96.7 cm³/mol. The van der Waals surface area contributed by atoms with E-state index in [9.17, 15) is 4.79 Å². The Balaban J connectivity index is 1.87. The number of rotatable bonds is 9. The van der Waals surface area contributed by atoms with Crippen molar-refractivity contribution < 1.29 is 9.53 Å². The molecular formula is C19H25N3O2. The van der Waals surface area contributed by atoms with Gasteiger partial charge in [-0.2, -0.15) is 0 Å². The van der Waals surface area contributed by atoms with Crippen LogP contribution in [-0.4, -0.2) is 31.1 Å². The fourth-order valence-electron chi connectivity index (χ4n) is 2.39. The Morgan fingerprint density at radius 2 is 2.04 bits per heavy atom. The lowest BCUT2D eigenvalue weighted by atomic mass is 10.1. The topological polar surface area (TPSA) is 63.2 Å². The Bertz CT molecular complexity index is 659. The van der Waals surface area contributed by atoms with Crippen LogP contribution in [0.3, 0.4) is 0 Å². The van der Waals surface area contributed by atoms with Gasteiger partial charge in [0.05, 0.1) is 18.4 Å². The van der Waals surface area contributed by atoms with Gasteiger partial charge in [-0.15, -0.1) is 0 Å². The van der Waals surface area contributed by atoms with Gasteiger partial charge in [-0.25, -0.2) is 0 Å². The van der Waals surface area contributed by atoms with Crippen molar-refractivity contribution in [2.45, 2.75) is 26.2 Å². The number of methoxy groups -OCH3 is 1. The van der Waals surface area contributed by atoms with Gasteiger partial charge in [0.25, 0.3) is 5.91 Å². The van der Waals surface area contributed by atoms with Gasteiger partial charge in [0, 0.05) is 25.5 Å². The van der Waals surface area contributed by atoms with Crippen molar-refractivity contribution in [1.29, 1.82) is 0 Å². The second-order valence-electron chi connectivity index (χ2n) is 5.56. The molecule has 0 bridgehead atoms. The van der Waals surface area contributed by atoms with Crippen LogP contribution >= 0.6 is 0 Å². The lowest BCUT2D eigenvalue weighted by molar-refractivity contribution is 0.0953. The largest absolute Gasteiger partial charge is 0.496 e. The molecule has 0 fully saturated rings. The second kappa shape index (κ2) is 9.55. The molecule has 5 nitrogen and oxygen atoms in total. The molecule has 128 valence electrons. The van der Waals surface area contributed by atoms with Gasteiger partial charge < -0.3 is 15.4 Å². The van der Waals surface area contributed by atoms with E-state index in [0.717, 1.165) is 42.8 Å². The molecule has 2 aromatic rings. The van der Waals surface area contributed by atoms with E-state index in [1.54, 1.807) is 19.5 Å². The van der Waals surface area contributed by atoms with Crippen molar-refractivity contribution >= 4 is 11.6 Å². The van der Waals surface area contributed by atoms with Crippen molar-refractivity contribution in [3.05, 3.63) is 53.9 Å². The second-order valence-corrected chi connectivity index (χ2v) is 5.56. The normalized spacial score (nSPS) is 10.2. The van der Waals surface area contributed by atoms with Crippen LogP contribution in [0.25, 0.3) is 0 Å². The molecule has 1 aromatic carbocycles. The van der Waals surface area contributed by atoms with Crippen LogP contribution in [0.15, 0.2) is 42.7 Å². The summed E-state index contributed by atoms with van der Waals surface area (Å²) in [5.41, 5.74) is 2.52. The molecule has 2 rings (SSSR count). The molecule has 0 aliphatic rings. The minimum atomic E-state index is -0.114. The zero-order valence-electron chi connectivity index (χ0n) is 14.3. The van der Waals surface area contributed by atoms with E-state index in [0.29, 0.717) is 12.1 Å². The molecule has 0 atom stereocenters. The number of carbonyl (C=O) groups is 1. The highest BCUT2D eigenvalue weighted by Crippen LogP contribution is 2.17. The zero-order valence-corrected chi connectivity index (χ0v) is 14.3. The average Bonchev–Trinajstić information content (AvgIpc) is 2.62. The molecule has 0 aliphatic carbocycles. The van der Waals surface area contributed by atoms with Gasteiger partial charge >= 0.3 is 0 Å². The summed E-state index contributed by atoms with van der Waals surface area (Å²) in [5, 5.41) is 6.21. The number of nitrogens with one attached hydrogen (secondary N) is 2. The van der Waals surface area contributed by atoms with Crippen LogP contribution in [0.2, 0.25) is 0 Å². The summed E-state index contributed by atoms with van der Waals surface area (Å²) < 4.78 is 5.32. The summed E-state index contributed by atoms with van der Waals surface area (Å²) in [4.78, 5) is 16.4. The molecule has 0 saturated heterocycles. The monoisotopic (exact) mass is 327 g/mol. The SMILES string of the molecule is CCCCNc1cncc(C(=O)NCCc2ccccc2OC)c1. The van der Waals surface area contributed by atoms with Crippen molar-refractivity contribution in [3.63, 3.8) is 0 Å². The van der Waals surface area contributed by atoms with Gasteiger partial charge in [-0.1, -0.05) is 31.5 Å². The highest BCUT2D eigenvalue weighted by atomic mass is 16.5. The Morgan fingerprint density at radius 1 is 1.21 bits per heavy atom. The number of amides is 1. The minimum absolute atomic E-state index is 0.114. The molecule has 1 amide bonds. The van der Waals surface area contributed by atoms with Gasteiger partial charge in [0.2, 0.25) is 0 Å². The van der Waals surface area contributed by atoms with E-state index in [1.807, 2.05) is 30.3 Å². The first-order valence-electron chi connectivity index (χ1n) is 8.33. The van der Waals surface area contributed by atoms with E-state index in [1.165, 1.54) is 0 Å². The molecule has 0 saturated carbocycles. The molecule has 0 spiro atoms. The number of nitrogens with zero attached hydrogens (tertiary/aromatic N) is 1. The molecule has 1 aromatic heterocycles. The highest BCUT2D eigenvalue weighted by Gasteiger charge is 2.07. The lowest BCUT2D eigenvalue weighted by Crippen LogP contribution is -2.26. The Hall–Kier alpha value is -2.56. The number of carbonyl (C=O) groups excluding carboxylic acids is 1. The van der Waals surface area contributed by atoms with Gasteiger partial charge in [0.1, 0.15) is 5.75 Å². The summed E-state index contributed by atoms with van der Waals surface area (Å²) in [6.45, 7) is 3.58. The van der Waals surface area contributed by atoms with Crippen molar-refractivity contribution in [2.24, 2.45) is 0 Å². The number of pyridine rings is 1. The van der Waals surface area contributed by atoms with Gasteiger partial charge in [-0.3, -0.25) is 9.78 Å². The fraction of sp³-hybridized carbons (Fsp3) is 0.368. The Labute approximate surface area is 143 Å². The van der Waals surface area contributed by atoms with Crippen LogP contribution in [-0.2, 0) is 6.42 Å². The lowest BCUT2D eigenvalue weighted by Gasteiger charge is -2.10. The van der Waals surface area contributed by atoms with E-state index < -0.39 is 0 Å². The number of aromatic nitrogens is 1. The molecule has 0 radical (unpaired) electrons. The minimum Gasteiger partial charge on any atom is -0.496 e. The average molecular weight is 327 g/mol. The number of hydrogen-bond acceptors (Lipinski definition) is 4. The van der Waals surface area contributed by atoms with E-state index in [2.05, 4.69) is 22.5 Å². The first-order chi connectivity index (χ1) is 11.7. The van der Waals surface area contributed by atoms with Crippen LogP contribution in [0.5, 0.6) is 5.75 Å². The van der Waals surface area contributed by atoms with Crippen LogP contribution in [0.4, 0.5) is 5.69 Å². The van der Waals surface area contributed by atoms with Crippen LogP contribution in [0, 0.1) is 0 Å². The maximum atomic E-state index is 12.3. The third-order valence-electron chi connectivity index (χ3n) is 3.73. The smallest absolute Gasteiger partial charge is 0.252 e. The third kappa shape index (κ3) is 5.26. The van der Waals surface area contributed by atoms with E-state index in [-0.39, 0.29) is 5.91 Å². The summed E-state index contributed by atoms with van der Waals surface area (Å²) in [6.07, 6.45) is 6.27. The third-order valence-corrected chi connectivity index (χ3v) is 3.73. The molecule has 0 unspecified atom stereocenters. The molecule has 24 heavy (non-hydrogen) atoms. The van der Waals surface area contributed by atoms with E-state index in [4.69, 9.17) is 4.74 Å². The first-order valence-corrected chi connectivity index (χ1v) is 8.33. The Kier molecular flexibility index (Phi) is 7.08. The fourth-order valence-corrected chi connectivity index (χ4v) is 2.39. The zero-order chi connectivity index (χ0) is 17.2. The van der Waals surface area contributed by atoms with Crippen LogP contribution < -0.4 is 15.4 Å².